The molecule has 0 aliphatic carbocycles. The monoisotopic (exact) mass is 368 g/mol. The Morgan fingerprint density at radius 2 is 1.76 bits per heavy atom. The van der Waals surface area contributed by atoms with Gasteiger partial charge in [-0.15, -0.1) is 0 Å². The maximum atomic E-state index is 13.1. The number of ether oxygens (including phenoxy) is 1. The minimum absolute atomic E-state index is 0.0937. The predicted octanol–water partition coefficient (Wildman–Crippen LogP) is 2.19. The number of hydrogen-bond acceptors (Lipinski definition) is 4. The lowest BCUT2D eigenvalue weighted by Crippen LogP contribution is -2.50. The molecule has 1 saturated heterocycles. The number of piperazine rings is 1. The number of methoxy groups -OCH3 is 1. The minimum Gasteiger partial charge on any atom is -0.495 e. The highest BCUT2D eigenvalue weighted by Gasteiger charge is 2.33. The van der Waals surface area contributed by atoms with Gasteiger partial charge in [0.05, 0.1) is 7.11 Å². The first-order chi connectivity index (χ1) is 11.7. The van der Waals surface area contributed by atoms with E-state index in [-0.39, 0.29) is 10.8 Å². The van der Waals surface area contributed by atoms with Crippen LogP contribution in [-0.2, 0) is 14.8 Å². The smallest absolute Gasteiger partial charge is 0.247 e. The number of carbonyl (C=O) groups excluding carboxylic acids is 1. The summed E-state index contributed by atoms with van der Waals surface area (Å²) < 4.78 is 33.0. The SMILES string of the molecule is COc1cc(C)cc(C)c1S(=O)(=O)N1CCN(C(=O)CC(C)C)CC1. The fourth-order valence-electron chi connectivity index (χ4n) is 3.18. The Labute approximate surface area is 150 Å². The molecular formula is C18H28N2O4S. The molecule has 0 unspecified atom stereocenters. The zero-order valence-electron chi connectivity index (χ0n) is 15.7. The maximum Gasteiger partial charge on any atom is 0.247 e. The van der Waals surface area contributed by atoms with Gasteiger partial charge < -0.3 is 9.64 Å². The highest BCUT2D eigenvalue weighted by atomic mass is 32.2. The third-order valence-corrected chi connectivity index (χ3v) is 6.46. The predicted molar refractivity (Wildman–Crippen MR) is 97.3 cm³/mol. The standard InChI is InChI=1S/C18H28N2O4S/c1-13(2)10-17(21)19-6-8-20(9-7-19)25(22,23)18-15(4)11-14(3)12-16(18)24-5/h11-13H,6-10H2,1-5H3. The van der Waals surface area contributed by atoms with Gasteiger partial charge in [-0.1, -0.05) is 19.9 Å². The summed E-state index contributed by atoms with van der Waals surface area (Å²) in [6, 6.07) is 3.58. The van der Waals surface area contributed by atoms with Crippen molar-refractivity contribution in [2.24, 2.45) is 5.92 Å². The summed E-state index contributed by atoms with van der Waals surface area (Å²) >= 11 is 0. The van der Waals surface area contributed by atoms with Crippen molar-refractivity contribution in [3.8, 4) is 5.75 Å². The lowest BCUT2D eigenvalue weighted by molar-refractivity contribution is -0.133. The topological polar surface area (TPSA) is 66.9 Å². The van der Waals surface area contributed by atoms with Crippen LogP contribution in [-0.4, -0.2) is 56.8 Å². The van der Waals surface area contributed by atoms with Gasteiger partial charge in [-0.2, -0.15) is 4.31 Å². The van der Waals surface area contributed by atoms with Gasteiger partial charge in [0.1, 0.15) is 10.6 Å². The van der Waals surface area contributed by atoms with Crippen LogP contribution in [0.3, 0.4) is 0 Å². The summed E-state index contributed by atoms with van der Waals surface area (Å²) in [6.45, 7) is 9.17. The van der Waals surface area contributed by atoms with E-state index in [1.807, 2.05) is 26.8 Å². The first kappa shape index (κ1) is 19.7. The van der Waals surface area contributed by atoms with E-state index in [1.165, 1.54) is 11.4 Å². The Kier molecular flexibility index (Phi) is 6.11. The fraction of sp³-hybridized carbons (Fsp3) is 0.611. The maximum absolute atomic E-state index is 13.1. The van der Waals surface area contributed by atoms with E-state index in [4.69, 9.17) is 4.74 Å². The molecular weight excluding hydrogens is 340 g/mol. The molecule has 1 aromatic carbocycles. The van der Waals surface area contributed by atoms with Crippen LogP contribution < -0.4 is 4.74 Å². The molecule has 140 valence electrons. The van der Waals surface area contributed by atoms with Crippen molar-refractivity contribution in [1.82, 2.24) is 9.21 Å². The molecule has 25 heavy (non-hydrogen) atoms. The quantitative estimate of drug-likeness (QED) is 0.799. The molecule has 1 aliphatic heterocycles. The van der Waals surface area contributed by atoms with E-state index >= 15 is 0 Å². The molecule has 0 aromatic heterocycles. The van der Waals surface area contributed by atoms with Gasteiger partial charge in [0, 0.05) is 32.6 Å². The van der Waals surface area contributed by atoms with Gasteiger partial charge in [0.15, 0.2) is 0 Å². The van der Waals surface area contributed by atoms with Gasteiger partial charge >= 0.3 is 0 Å². The average molecular weight is 368 g/mol. The minimum atomic E-state index is -3.65. The molecule has 0 bridgehead atoms. The second kappa shape index (κ2) is 7.74. The molecule has 0 radical (unpaired) electrons. The van der Waals surface area contributed by atoms with Gasteiger partial charge in [0.2, 0.25) is 15.9 Å². The summed E-state index contributed by atoms with van der Waals surface area (Å²) in [5, 5.41) is 0. The third-order valence-electron chi connectivity index (χ3n) is 4.38. The van der Waals surface area contributed by atoms with Crippen molar-refractivity contribution in [2.45, 2.75) is 39.0 Å². The van der Waals surface area contributed by atoms with E-state index in [9.17, 15) is 13.2 Å². The molecule has 1 aliphatic rings. The van der Waals surface area contributed by atoms with Crippen LogP contribution in [0.4, 0.5) is 0 Å². The van der Waals surface area contributed by atoms with E-state index in [0.29, 0.717) is 49.8 Å². The molecule has 1 fully saturated rings. The number of rotatable bonds is 5. The van der Waals surface area contributed by atoms with Gasteiger partial charge in [-0.3, -0.25) is 4.79 Å². The molecule has 7 heteroatoms. The van der Waals surface area contributed by atoms with Gasteiger partial charge in [0.25, 0.3) is 0 Å². The summed E-state index contributed by atoms with van der Waals surface area (Å²) in [4.78, 5) is 14.1. The molecule has 6 nitrogen and oxygen atoms in total. The number of amides is 1. The van der Waals surface area contributed by atoms with Crippen LogP contribution >= 0.6 is 0 Å². The fourth-order valence-corrected chi connectivity index (χ4v) is 4.95. The van der Waals surface area contributed by atoms with Crippen molar-refractivity contribution in [3.05, 3.63) is 23.3 Å². The number of carbonyl (C=O) groups is 1. The molecule has 0 atom stereocenters. The van der Waals surface area contributed by atoms with Crippen molar-refractivity contribution >= 4 is 15.9 Å². The number of hydrogen-bond donors (Lipinski definition) is 0. The first-order valence-corrected chi connectivity index (χ1v) is 10.0. The Hall–Kier alpha value is -1.60. The summed E-state index contributed by atoms with van der Waals surface area (Å²) in [6.07, 6.45) is 0.498. The zero-order valence-corrected chi connectivity index (χ0v) is 16.5. The van der Waals surface area contributed by atoms with E-state index < -0.39 is 10.0 Å². The van der Waals surface area contributed by atoms with Crippen LogP contribution in [0.1, 0.15) is 31.4 Å². The van der Waals surface area contributed by atoms with Crippen LogP contribution in [0.5, 0.6) is 5.75 Å². The molecule has 1 aromatic rings. The Bertz CT molecular complexity index is 736. The number of benzene rings is 1. The summed E-state index contributed by atoms with van der Waals surface area (Å²) in [5.41, 5.74) is 1.63. The van der Waals surface area contributed by atoms with Crippen LogP contribution in [0.25, 0.3) is 0 Å². The van der Waals surface area contributed by atoms with Gasteiger partial charge in [-0.25, -0.2) is 8.42 Å². The second-order valence-corrected chi connectivity index (χ2v) is 8.87. The molecule has 0 N–H and O–H groups in total. The first-order valence-electron chi connectivity index (χ1n) is 8.60. The third kappa shape index (κ3) is 4.33. The second-order valence-electron chi connectivity index (χ2n) is 7.00. The van der Waals surface area contributed by atoms with Crippen molar-refractivity contribution in [2.75, 3.05) is 33.3 Å². The van der Waals surface area contributed by atoms with Crippen molar-refractivity contribution in [3.63, 3.8) is 0 Å². The number of sulfonamides is 1. The highest BCUT2D eigenvalue weighted by molar-refractivity contribution is 7.89. The molecule has 2 rings (SSSR count). The molecule has 1 amide bonds. The lowest BCUT2D eigenvalue weighted by Gasteiger charge is -2.34. The van der Waals surface area contributed by atoms with E-state index in [0.717, 1.165) is 5.56 Å². The van der Waals surface area contributed by atoms with Crippen molar-refractivity contribution in [1.29, 1.82) is 0 Å². The number of nitrogens with zero attached hydrogens (tertiary/aromatic N) is 2. The van der Waals surface area contributed by atoms with Gasteiger partial charge in [-0.05, 0) is 37.0 Å². The van der Waals surface area contributed by atoms with Crippen LogP contribution in [0, 0.1) is 19.8 Å². The average Bonchev–Trinajstić information content (AvgIpc) is 2.53. The summed E-state index contributed by atoms with van der Waals surface area (Å²) in [5.74, 6) is 0.765. The number of aryl methyl sites for hydroxylation is 2. The molecule has 0 spiro atoms. The lowest BCUT2D eigenvalue weighted by atomic mass is 10.1. The van der Waals surface area contributed by atoms with E-state index in [1.54, 1.807) is 17.9 Å². The normalized spacial score (nSPS) is 16.3. The highest BCUT2D eigenvalue weighted by Crippen LogP contribution is 2.31. The van der Waals surface area contributed by atoms with E-state index in [2.05, 4.69) is 0 Å². The van der Waals surface area contributed by atoms with Crippen LogP contribution in [0.15, 0.2) is 17.0 Å². The Balaban J connectivity index is 2.19. The largest absolute Gasteiger partial charge is 0.495 e. The Morgan fingerprint density at radius 1 is 1.16 bits per heavy atom. The molecule has 1 heterocycles. The zero-order chi connectivity index (χ0) is 18.8. The van der Waals surface area contributed by atoms with Crippen LogP contribution in [0.2, 0.25) is 0 Å². The van der Waals surface area contributed by atoms with Crippen molar-refractivity contribution < 1.29 is 17.9 Å². The summed E-state index contributed by atoms with van der Waals surface area (Å²) in [7, 11) is -2.17. The Morgan fingerprint density at radius 3 is 2.28 bits per heavy atom. The molecule has 0 saturated carbocycles.